The first-order chi connectivity index (χ1) is 6.69. The van der Waals surface area contributed by atoms with E-state index in [2.05, 4.69) is 4.74 Å². The molecule has 0 aliphatic heterocycles. The van der Waals surface area contributed by atoms with Gasteiger partial charge >= 0.3 is 5.97 Å². The smallest absolute Gasteiger partial charge is 0.341 e. The van der Waals surface area contributed by atoms with Crippen molar-refractivity contribution in [1.82, 2.24) is 0 Å². The summed E-state index contributed by atoms with van der Waals surface area (Å²) in [5, 5.41) is 10.3. The van der Waals surface area contributed by atoms with Crippen LogP contribution in [0.3, 0.4) is 0 Å². The second-order valence-electron chi connectivity index (χ2n) is 2.52. The van der Waals surface area contributed by atoms with Gasteiger partial charge in [-0.15, -0.1) is 0 Å². The zero-order valence-electron chi connectivity index (χ0n) is 7.54. The molecule has 0 fully saturated rings. The van der Waals surface area contributed by atoms with Gasteiger partial charge in [0.2, 0.25) is 0 Å². The summed E-state index contributed by atoms with van der Waals surface area (Å²) >= 11 is 0. The molecular weight excluding hydrogens is 189 g/mol. The minimum Gasteiger partial charge on any atom is -0.761 e. The van der Waals surface area contributed by atoms with Gasteiger partial charge in [0.25, 0.3) is 0 Å². The number of esters is 1. The van der Waals surface area contributed by atoms with Gasteiger partial charge in [0.1, 0.15) is 5.82 Å². The zero-order valence-corrected chi connectivity index (χ0v) is 7.54. The highest BCUT2D eigenvalue weighted by atomic mass is 19.1. The number of rotatable bonds is 3. The van der Waals surface area contributed by atoms with Crippen LogP contribution in [0.2, 0.25) is 0 Å². The average Bonchev–Trinajstić information content (AvgIpc) is 2.19. The van der Waals surface area contributed by atoms with Gasteiger partial charge in [0.05, 0.1) is 12.2 Å². The number of carbonyl (C=O) groups excluding carboxylic acids is 1. The van der Waals surface area contributed by atoms with Crippen LogP contribution in [0, 0.1) is 11.0 Å². The van der Waals surface area contributed by atoms with Gasteiger partial charge in [0.15, 0.2) is 0 Å². The molecule has 4 nitrogen and oxygen atoms in total. The van der Waals surface area contributed by atoms with Crippen molar-refractivity contribution >= 4 is 11.7 Å². The number of carbonyl (C=O) groups is 1. The summed E-state index contributed by atoms with van der Waals surface area (Å²) in [7, 11) is 0. The quantitative estimate of drug-likeness (QED) is 0.595. The lowest BCUT2D eigenvalue weighted by molar-refractivity contribution is 0.0521. The largest absolute Gasteiger partial charge is 0.761 e. The molecule has 0 spiro atoms. The normalized spacial score (nSPS) is 9.64. The van der Waals surface area contributed by atoms with Crippen molar-refractivity contribution in [2.75, 3.05) is 12.1 Å². The Kier molecular flexibility index (Phi) is 3.41. The first-order valence-electron chi connectivity index (χ1n) is 4.04. The number of hydrogen-bond acceptors (Lipinski definition) is 4. The SMILES string of the molecule is CCOC(=O)c1cc(N[O-])ccc1F. The molecule has 0 aliphatic carbocycles. The van der Waals surface area contributed by atoms with Crippen molar-refractivity contribution < 1.29 is 13.9 Å². The van der Waals surface area contributed by atoms with E-state index in [0.717, 1.165) is 12.1 Å². The van der Waals surface area contributed by atoms with E-state index < -0.39 is 11.8 Å². The second-order valence-corrected chi connectivity index (χ2v) is 2.52. The van der Waals surface area contributed by atoms with Crippen LogP contribution >= 0.6 is 0 Å². The Morgan fingerprint density at radius 1 is 1.64 bits per heavy atom. The number of anilines is 1. The van der Waals surface area contributed by atoms with E-state index in [1.807, 2.05) is 0 Å². The maximum Gasteiger partial charge on any atom is 0.341 e. The van der Waals surface area contributed by atoms with E-state index in [9.17, 15) is 14.4 Å². The number of benzene rings is 1. The van der Waals surface area contributed by atoms with Gasteiger partial charge < -0.3 is 15.4 Å². The van der Waals surface area contributed by atoms with Crippen LogP contribution in [0.25, 0.3) is 0 Å². The Hall–Kier alpha value is -1.62. The molecule has 1 N–H and O–H groups in total. The molecule has 0 heterocycles. The van der Waals surface area contributed by atoms with E-state index in [0.29, 0.717) is 0 Å². The fourth-order valence-corrected chi connectivity index (χ4v) is 0.954. The number of hydrogen-bond donors (Lipinski definition) is 1. The maximum absolute atomic E-state index is 13.0. The summed E-state index contributed by atoms with van der Waals surface area (Å²) < 4.78 is 17.6. The molecule has 0 unspecified atom stereocenters. The highest BCUT2D eigenvalue weighted by molar-refractivity contribution is 5.90. The molecule has 0 radical (unpaired) electrons. The van der Waals surface area contributed by atoms with Gasteiger partial charge in [-0.2, -0.15) is 0 Å². The third kappa shape index (κ3) is 2.20. The summed E-state index contributed by atoms with van der Waals surface area (Å²) in [6.07, 6.45) is 0. The Bertz CT molecular complexity index is 341. The Morgan fingerprint density at radius 3 is 2.93 bits per heavy atom. The summed E-state index contributed by atoms with van der Waals surface area (Å²) in [6, 6.07) is 3.39. The molecule has 1 aromatic rings. The highest BCUT2D eigenvalue weighted by Gasteiger charge is 2.12. The molecular formula is C9H9FNO3-. The van der Waals surface area contributed by atoms with E-state index in [1.165, 1.54) is 6.07 Å². The molecule has 1 rings (SSSR count). The van der Waals surface area contributed by atoms with E-state index in [1.54, 1.807) is 12.4 Å². The fourth-order valence-electron chi connectivity index (χ4n) is 0.954. The monoisotopic (exact) mass is 198 g/mol. The molecule has 76 valence electrons. The number of nitrogens with one attached hydrogen (secondary N) is 1. The van der Waals surface area contributed by atoms with E-state index in [4.69, 9.17) is 0 Å². The van der Waals surface area contributed by atoms with Gasteiger partial charge in [-0.1, -0.05) is 0 Å². The van der Waals surface area contributed by atoms with Gasteiger partial charge in [0, 0.05) is 5.69 Å². The standard InChI is InChI=1S/C9H9FNO3/c1-2-14-9(12)7-5-6(11-13)3-4-8(7)10/h3-5,11H,2H2,1H3/q-1. The Morgan fingerprint density at radius 2 is 2.36 bits per heavy atom. The number of ether oxygens (including phenoxy) is 1. The minimum absolute atomic E-state index is 0.120. The van der Waals surface area contributed by atoms with Crippen molar-refractivity contribution in [2.24, 2.45) is 0 Å². The van der Waals surface area contributed by atoms with Gasteiger partial charge in [-0.25, -0.2) is 9.18 Å². The highest BCUT2D eigenvalue weighted by Crippen LogP contribution is 2.15. The van der Waals surface area contributed by atoms with Crippen LogP contribution in [-0.2, 0) is 4.74 Å². The first kappa shape index (κ1) is 10.5. The second kappa shape index (κ2) is 4.57. The summed E-state index contributed by atoms with van der Waals surface area (Å²) in [6.45, 7) is 1.78. The number of halogens is 1. The molecule has 1 aromatic carbocycles. The van der Waals surface area contributed by atoms with Crippen LogP contribution in [0.4, 0.5) is 10.1 Å². The molecule has 5 heteroatoms. The molecule has 0 saturated heterocycles. The molecule has 0 bridgehead atoms. The lowest BCUT2D eigenvalue weighted by Gasteiger charge is -2.10. The third-order valence-corrected chi connectivity index (χ3v) is 1.58. The van der Waals surface area contributed by atoms with E-state index in [-0.39, 0.29) is 17.9 Å². The van der Waals surface area contributed by atoms with Crippen LogP contribution in [-0.4, -0.2) is 12.6 Å². The van der Waals surface area contributed by atoms with Crippen molar-refractivity contribution in [2.45, 2.75) is 6.92 Å². The lowest BCUT2D eigenvalue weighted by atomic mass is 10.2. The van der Waals surface area contributed by atoms with Crippen molar-refractivity contribution in [3.8, 4) is 0 Å². The predicted octanol–water partition coefficient (Wildman–Crippen LogP) is 1.91. The molecule has 0 aromatic heterocycles. The van der Waals surface area contributed by atoms with Gasteiger partial charge in [-0.05, 0) is 25.1 Å². The van der Waals surface area contributed by atoms with Crippen molar-refractivity contribution in [1.29, 1.82) is 0 Å². The minimum atomic E-state index is -0.776. The predicted molar refractivity (Wildman–Crippen MR) is 49.3 cm³/mol. The maximum atomic E-state index is 13.0. The van der Waals surface area contributed by atoms with E-state index >= 15 is 0 Å². The zero-order chi connectivity index (χ0) is 10.6. The Labute approximate surface area is 80.3 Å². The lowest BCUT2D eigenvalue weighted by Crippen LogP contribution is -2.07. The summed E-state index contributed by atoms with van der Waals surface area (Å²) in [5.74, 6) is -1.48. The van der Waals surface area contributed by atoms with Gasteiger partial charge in [-0.3, -0.25) is 0 Å². The molecule has 14 heavy (non-hydrogen) atoms. The van der Waals surface area contributed by atoms with Crippen molar-refractivity contribution in [3.05, 3.63) is 34.8 Å². The van der Waals surface area contributed by atoms with Crippen LogP contribution in [0.15, 0.2) is 18.2 Å². The summed E-state index contributed by atoms with van der Waals surface area (Å²) in [4.78, 5) is 11.1. The molecule has 0 atom stereocenters. The van der Waals surface area contributed by atoms with Crippen molar-refractivity contribution in [3.63, 3.8) is 0 Å². The topological polar surface area (TPSA) is 61.4 Å². The third-order valence-electron chi connectivity index (χ3n) is 1.58. The molecule has 0 saturated carbocycles. The average molecular weight is 198 g/mol. The Balaban J connectivity index is 2.99. The summed E-state index contributed by atoms with van der Waals surface area (Å²) in [5.41, 5.74) is 1.44. The molecule has 0 amide bonds. The fraction of sp³-hybridized carbons (Fsp3) is 0.222. The first-order valence-corrected chi connectivity index (χ1v) is 4.04. The van der Waals surface area contributed by atoms with Crippen LogP contribution < -0.4 is 5.48 Å². The van der Waals surface area contributed by atoms with Crippen LogP contribution in [0.5, 0.6) is 0 Å². The molecule has 0 aliphatic rings. The van der Waals surface area contributed by atoms with Crippen LogP contribution in [0.1, 0.15) is 17.3 Å².